The molecule has 8 nitrogen and oxygen atoms in total. The fourth-order valence-electron chi connectivity index (χ4n) is 3.55. The predicted molar refractivity (Wildman–Crippen MR) is 113 cm³/mol. The van der Waals surface area contributed by atoms with E-state index in [1.807, 2.05) is 49.3 Å². The Morgan fingerprint density at radius 1 is 1.03 bits per heavy atom. The minimum atomic E-state index is 0.594. The maximum atomic E-state index is 4.86. The third-order valence-electron chi connectivity index (χ3n) is 4.87. The molecule has 1 N–H and O–H groups in total. The summed E-state index contributed by atoms with van der Waals surface area (Å²) in [5.41, 5.74) is 3.89. The summed E-state index contributed by atoms with van der Waals surface area (Å²) in [4.78, 5) is 16.6. The number of aryl methyl sites for hydroxylation is 1. The standard InChI is InChI=1S/C21H20N8/c1-28(2)21-18-15-10-9-14(19-25-27-29(3)26-19)12-16(15)22-20(18)23-17(24-21)11-13-7-5-4-6-8-13/h4-10,12H,11H2,1-3H3,(H,22,23,24). The highest BCUT2D eigenvalue weighted by atomic mass is 15.6. The molecular weight excluding hydrogens is 364 g/mol. The topological polar surface area (TPSA) is 88.4 Å². The number of anilines is 1. The molecule has 3 aromatic heterocycles. The zero-order chi connectivity index (χ0) is 20.0. The number of hydrogen-bond donors (Lipinski definition) is 1. The van der Waals surface area contributed by atoms with Crippen LogP contribution in [0.5, 0.6) is 0 Å². The lowest BCUT2D eigenvalue weighted by Gasteiger charge is -2.14. The lowest BCUT2D eigenvalue weighted by atomic mass is 10.1. The first-order valence-corrected chi connectivity index (χ1v) is 9.36. The van der Waals surface area contributed by atoms with E-state index in [-0.39, 0.29) is 0 Å². The second-order valence-corrected chi connectivity index (χ2v) is 7.23. The summed E-state index contributed by atoms with van der Waals surface area (Å²) in [6, 6.07) is 16.4. The molecule has 0 aliphatic rings. The molecule has 0 radical (unpaired) electrons. The Balaban J connectivity index is 1.67. The fraction of sp³-hybridized carbons (Fsp3) is 0.190. The number of aromatic nitrogens is 7. The van der Waals surface area contributed by atoms with Crippen molar-refractivity contribution >= 4 is 27.8 Å². The average Bonchev–Trinajstić information content (AvgIpc) is 3.30. The highest BCUT2D eigenvalue weighted by molar-refractivity contribution is 6.11. The van der Waals surface area contributed by atoms with E-state index in [0.717, 1.165) is 39.1 Å². The van der Waals surface area contributed by atoms with Gasteiger partial charge in [0.1, 0.15) is 17.3 Å². The van der Waals surface area contributed by atoms with Crippen LogP contribution >= 0.6 is 0 Å². The van der Waals surface area contributed by atoms with Crippen LogP contribution in [0.1, 0.15) is 11.4 Å². The van der Waals surface area contributed by atoms with Gasteiger partial charge in [0, 0.05) is 37.0 Å². The summed E-state index contributed by atoms with van der Waals surface area (Å²) < 4.78 is 0. The third-order valence-corrected chi connectivity index (χ3v) is 4.87. The van der Waals surface area contributed by atoms with Gasteiger partial charge in [0.05, 0.1) is 12.4 Å². The molecule has 3 heterocycles. The number of nitrogens with one attached hydrogen (secondary N) is 1. The van der Waals surface area contributed by atoms with Crippen LogP contribution in [0.4, 0.5) is 5.82 Å². The molecule has 5 rings (SSSR count). The highest BCUT2D eigenvalue weighted by Crippen LogP contribution is 2.33. The highest BCUT2D eigenvalue weighted by Gasteiger charge is 2.16. The van der Waals surface area contributed by atoms with Crippen LogP contribution in [0.2, 0.25) is 0 Å². The fourth-order valence-corrected chi connectivity index (χ4v) is 3.55. The van der Waals surface area contributed by atoms with Gasteiger partial charge in [0.15, 0.2) is 0 Å². The Morgan fingerprint density at radius 3 is 2.59 bits per heavy atom. The van der Waals surface area contributed by atoms with Crippen molar-refractivity contribution in [1.82, 2.24) is 35.2 Å². The number of H-pyrrole nitrogens is 1. The molecule has 5 aromatic rings. The van der Waals surface area contributed by atoms with E-state index in [1.54, 1.807) is 7.05 Å². The first-order valence-electron chi connectivity index (χ1n) is 9.36. The molecule has 29 heavy (non-hydrogen) atoms. The second-order valence-electron chi connectivity index (χ2n) is 7.23. The van der Waals surface area contributed by atoms with Crippen molar-refractivity contribution < 1.29 is 0 Å². The molecule has 8 heteroatoms. The Morgan fingerprint density at radius 2 is 1.86 bits per heavy atom. The van der Waals surface area contributed by atoms with Gasteiger partial charge in [0.2, 0.25) is 5.82 Å². The largest absolute Gasteiger partial charge is 0.362 e. The van der Waals surface area contributed by atoms with Gasteiger partial charge in [-0.1, -0.05) is 42.5 Å². The first kappa shape index (κ1) is 17.3. The Kier molecular flexibility index (Phi) is 3.97. The maximum Gasteiger partial charge on any atom is 0.204 e. The molecule has 0 spiro atoms. The number of rotatable bonds is 4. The number of nitrogens with zero attached hydrogens (tertiary/aromatic N) is 7. The number of aromatic amines is 1. The quantitative estimate of drug-likeness (QED) is 0.512. The average molecular weight is 384 g/mol. The van der Waals surface area contributed by atoms with E-state index in [0.29, 0.717) is 12.2 Å². The molecule has 144 valence electrons. The van der Waals surface area contributed by atoms with E-state index in [4.69, 9.17) is 9.97 Å². The number of benzene rings is 2. The Hall–Kier alpha value is -3.81. The van der Waals surface area contributed by atoms with Gasteiger partial charge in [-0.3, -0.25) is 0 Å². The van der Waals surface area contributed by atoms with Gasteiger partial charge in [-0.15, -0.1) is 10.2 Å². The lowest BCUT2D eigenvalue weighted by molar-refractivity contribution is 0.630. The molecule has 2 aromatic carbocycles. The van der Waals surface area contributed by atoms with Gasteiger partial charge in [-0.05, 0) is 16.8 Å². The lowest BCUT2D eigenvalue weighted by Crippen LogP contribution is -2.13. The van der Waals surface area contributed by atoms with Gasteiger partial charge < -0.3 is 9.88 Å². The van der Waals surface area contributed by atoms with Crippen molar-refractivity contribution in [2.45, 2.75) is 6.42 Å². The molecule has 0 saturated heterocycles. The van der Waals surface area contributed by atoms with Crippen LogP contribution in [0.15, 0.2) is 48.5 Å². The van der Waals surface area contributed by atoms with Crippen LogP contribution in [0, 0.1) is 0 Å². The molecule has 0 amide bonds. The molecule has 0 atom stereocenters. The zero-order valence-corrected chi connectivity index (χ0v) is 16.5. The number of tetrazole rings is 1. The van der Waals surface area contributed by atoms with E-state index in [2.05, 4.69) is 38.6 Å². The Labute approximate surface area is 167 Å². The minimum absolute atomic E-state index is 0.594. The summed E-state index contributed by atoms with van der Waals surface area (Å²) in [5.74, 6) is 2.28. The monoisotopic (exact) mass is 384 g/mol. The van der Waals surface area contributed by atoms with Gasteiger partial charge in [-0.2, -0.15) is 4.80 Å². The Bertz CT molecular complexity index is 1320. The first-order chi connectivity index (χ1) is 14.1. The summed E-state index contributed by atoms with van der Waals surface area (Å²) >= 11 is 0. The van der Waals surface area contributed by atoms with Gasteiger partial charge in [0.25, 0.3) is 0 Å². The van der Waals surface area contributed by atoms with E-state index in [9.17, 15) is 0 Å². The van der Waals surface area contributed by atoms with Crippen molar-refractivity contribution in [3.05, 3.63) is 59.9 Å². The SMILES string of the molecule is CN(C)c1nc(Cc2ccccc2)nc2[nH]c3cc(-c4nnn(C)n4)ccc3c12. The smallest absolute Gasteiger partial charge is 0.204 e. The van der Waals surface area contributed by atoms with Crippen molar-refractivity contribution in [3.63, 3.8) is 0 Å². The molecule has 0 aliphatic carbocycles. The van der Waals surface area contributed by atoms with Crippen LogP contribution in [-0.4, -0.2) is 49.3 Å². The molecule has 0 fully saturated rings. The molecule has 0 bridgehead atoms. The van der Waals surface area contributed by atoms with E-state index in [1.165, 1.54) is 10.4 Å². The third kappa shape index (κ3) is 3.08. The second kappa shape index (κ2) is 6.66. The van der Waals surface area contributed by atoms with E-state index < -0.39 is 0 Å². The normalized spacial score (nSPS) is 11.4. The van der Waals surface area contributed by atoms with E-state index >= 15 is 0 Å². The summed E-state index contributed by atoms with van der Waals surface area (Å²) in [5, 5.41) is 14.4. The molecule has 0 aliphatic heterocycles. The molecule has 0 saturated carbocycles. The summed E-state index contributed by atoms with van der Waals surface area (Å²) in [6.45, 7) is 0. The van der Waals surface area contributed by atoms with Crippen molar-refractivity contribution in [1.29, 1.82) is 0 Å². The number of fused-ring (bicyclic) bond motifs is 3. The van der Waals surface area contributed by atoms with Crippen molar-refractivity contribution in [2.24, 2.45) is 7.05 Å². The van der Waals surface area contributed by atoms with Crippen LogP contribution in [0.3, 0.4) is 0 Å². The molecule has 0 unspecified atom stereocenters. The van der Waals surface area contributed by atoms with Crippen LogP contribution in [0.25, 0.3) is 33.3 Å². The number of hydrogen-bond acceptors (Lipinski definition) is 6. The maximum absolute atomic E-state index is 4.86. The predicted octanol–water partition coefficient (Wildman–Crippen LogP) is 2.96. The van der Waals surface area contributed by atoms with Gasteiger partial charge in [-0.25, -0.2) is 9.97 Å². The summed E-state index contributed by atoms with van der Waals surface area (Å²) in [6.07, 6.45) is 0.682. The van der Waals surface area contributed by atoms with Crippen LogP contribution in [-0.2, 0) is 13.5 Å². The zero-order valence-electron chi connectivity index (χ0n) is 16.5. The van der Waals surface area contributed by atoms with Gasteiger partial charge >= 0.3 is 0 Å². The van der Waals surface area contributed by atoms with Crippen molar-refractivity contribution in [3.8, 4) is 11.4 Å². The van der Waals surface area contributed by atoms with Crippen molar-refractivity contribution in [2.75, 3.05) is 19.0 Å². The summed E-state index contributed by atoms with van der Waals surface area (Å²) in [7, 11) is 5.76. The molecular formula is C21H20N8. The van der Waals surface area contributed by atoms with Crippen LogP contribution < -0.4 is 4.90 Å². The minimum Gasteiger partial charge on any atom is -0.362 e.